The van der Waals surface area contributed by atoms with E-state index >= 15 is 0 Å². The van der Waals surface area contributed by atoms with Gasteiger partial charge in [0, 0.05) is 36.4 Å². The first kappa shape index (κ1) is 20.2. The minimum absolute atomic E-state index is 0.132. The van der Waals surface area contributed by atoms with Crippen LogP contribution in [0.1, 0.15) is 15.9 Å². The lowest BCUT2D eigenvalue weighted by Crippen LogP contribution is -2.22. The summed E-state index contributed by atoms with van der Waals surface area (Å²) in [4.78, 5) is 36.8. The number of amides is 2. The molecular weight excluding hydrogens is 368 g/mol. The molecule has 0 aliphatic carbocycles. The molecule has 2 aromatic carbocycles. The van der Waals surface area contributed by atoms with E-state index in [1.807, 2.05) is 0 Å². The van der Waals surface area contributed by atoms with E-state index in [-0.39, 0.29) is 5.91 Å². The molecular formula is C20H19ClN2O4. The van der Waals surface area contributed by atoms with Crippen LogP contribution < -0.4 is 5.32 Å². The molecule has 6 nitrogen and oxygen atoms in total. The van der Waals surface area contributed by atoms with Crippen molar-refractivity contribution in [2.45, 2.75) is 0 Å². The highest BCUT2D eigenvalue weighted by Gasteiger charge is 2.09. The number of nitrogens with zero attached hydrogens (tertiary/aromatic N) is 1. The van der Waals surface area contributed by atoms with Crippen LogP contribution in [0.2, 0.25) is 5.02 Å². The molecule has 0 atom stereocenters. The number of rotatable bonds is 6. The second-order valence-electron chi connectivity index (χ2n) is 5.79. The zero-order valence-corrected chi connectivity index (χ0v) is 15.7. The van der Waals surface area contributed by atoms with Crippen molar-refractivity contribution in [3.8, 4) is 0 Å². The highest BCUT2D eigenvalue weighted by atomic mass is 35.5. The molecule has 0 bridgehead atoms. The standard InChI is InChI=1S/C20H19ClN2O4/c1-23(2)20(26)15-7-10-16(11-8-15)22-18(24)13-27-19(25)12-9-14-5-3-4-6-17(14)21/h3-12H,13H2,1-2H3,(H,22,24)/b12-9+. The van der Waals surface area contributed by atoms with E-state index < -0.39 is 18.5 Å². The van der Waals surface area contributed by atoms with Gasteiger partial charge in [-0.15, -0.1) is 0 Å². The molecule has 7 heteroatoms. The number of halogens is 1. The third kappa shape index (κ3) is 6.27. The number of carbonyl (C=O) groups is 3. The highest BCUT2D eigenvalue weighted by molar-refractivity contribution is 6.32. The fourth-order valence-electron chi connectivity index (χ4n) is 2.10. The van der Waals surface area contributed by atoms with Gasteiger partial charge < -0.3 is 15.0 Å². The Bertz CT molecular complexity index is 861. The number of nitrogens with one attached hydrogen (secondary N) is 1. The molecule has 27 heavy (non-hydrogen) atoms. The van der Waals surface area contributed by atoms with Crippen LogP contribution in [-0.2, 0) is 14.3 Å². The largest absolute Gasteiger partial charge is 0.452 e. The van der Waals surface area contributed by atoms with E-state index in [4.69, 9.17) is 16.3 Å². The predicted molar refractivity (Wildman–Crippen MR) is 105 cm³/mol. The smallest absolute Gasteiger partial charge is 0.331 e. The van der Waals surface area contributed by atoms with Gasteiger partial charge in [-0.25, -0.2) is 4.79 Å². The van der Waals surface area contributed by atoms with Gasteiger partial charge in [-0.05, 0) is 42.0 Å². The summed E-state index contributed by atoms with van der Waals surface area (Å²) in [6, 6.07) is 13.5. The average Bonchev–Trinajstić information content (AvgIpc) is 2.65. The molecule has 0 aliphatic rings. The monoisotopic (exact) mass is 386 g/mol. The van der Waals surface area contributed by atoms with Crippen molar-refractivity contribution < 1.29 is 19.1 Å². The van der Waals surface area contributed by atoms with Crippen molar-refractivity contribution in [3.05, 3.63) is 70.8 Å². The number of ether oxygens (including phenoxy) is 1. The normalized spacial score (nSPS) is 10.5. The lowest BCUT2D eigenvalue weighted by Gasteiger charge is -2.11. The van der Waals surface area contributed by atoms with Gasteiger partial charge in [0.05, 0.1) is 0 Å². The number of esters is 1. The first-order chi connectivity index (χ1) is 12.9. The number of benzene rings is 2. The van der Waals surface area contributed by atoms with Gasteiger partial charge in [0.2, 0.25) is 0 Å². The maximum atomic E-state index is 11.9. The van der Waals surface area contributed by atoms with Gasteiger partial charge in [-0.2, -0.15) is 0 Å². The number of hydrogen-bond donors (Lipinski definition) is 1. The molecule has 0 unspecified atom stereocenters. The summed E-state index contributed by atoms with van der Waals surface area (Å²) in [5, 5.41) is 3.10. The quantitative estimate of drug-likeness (QED) is 0.610. The summed E-state index contributed by atoms with van der Waals surface area (Å²) in [5.41, 5.74) is 1.68. The molecule has 0 heterocycles. The van der Waals surface area contributed by atoms with Crippen molar-refractivity contribution in [2.24, 2.45) is 0 Å². The summed E-state index contributed by atoms with van der Waals surface area (Å²) in [7, 11) is 3.32. The van der Waals surface area contributed by atoms with Crippen LogP contribution in [0.5, 0.6) is 0 Å². The topological polar surface area (TPSA) is 75.7 Å². The Morgan fingerprint density at radius 1 is 1.07 bits per heavy atom. The maximum absolute atomic E-state index is 11.9. The van der Waals surface area contributed by atoms with Crippen LogP contribution in [0.15, 0.2) is 54.6 Å². The van der Waals surface area contributed by atoms with Crippen molar-refractivity contribution >= 4 is 41.1 Å². The van der Waals surface area contributed by atoms with Gasteiger partial charge >= 0.3 is 5.97 Å². The van der Waals surface area contributed by atoms with E-state index in [9.17, 15) is 14.4 Å². The number of carbonyl (C=O) groups excluding carboxylic acids is 3. The van der Waals surface area contributed by atoms with Crippen molar-refractivity contribution in [1.29, 1.82) is 0 Å². The predicted octanol–water partition coefficient (Wildman–Crippen LogP) is 3.24. The van der Waals surface area contributed by atoms with E-state index in [0.29, 0.717) is 21.8 Å². The summed E-state index contributed by atoms with van der Waals surface area (Å²) < 4.78 is 4.89. The van der Waals surface area contributed by atoms with E-state index in [1.54, 1.807) is 62.6 Å². The van der Waals surface area contributed by atoms with Gasteiger partial charge in [-0.3, -0.25) is 9.59 Å². The molecule has 2 rings (SSSR count). The first-order valence-electron chi connectivity index (χ1n) is 8.08. The average molecular weight is 387 g/mol. The zero-order valence-electron chi connectivity index (χ0n) is 14.9. The minimum Gasteiger partial charge on any atom is -0.452 e. The molecule has 0 radical (unpaired) electrons. The van der Waals surface area contributed by atoms with Crippen LogP contribution in [0.25, 0.3) is 6.08 Å². The Kier molecular flexibility index (Phi) is 7.14. The Morgan fingerprint density at radius 2 is 1.74 bits per heavy atom. The van der Waals surface area contributed by atoms with Crippen LogP contribution in [-0.4, -0.2) is 43.4 Å². The molecule has 0 aliphatic heterocycles. The number of anilines is 1. The van der Waals surface area contributed by atoms with Crippen LogP contribution in [0.4, 0.5) is 5.69 Å². The Hall–Kier alpha value is -3.12. The first-order valence-corrected chi connectivity index (χ1v) is 8.45. The van der Waals surface area contributed by atoms with Crippen LogP contribution in [0.3, 0.4) is 0 Å². The van der Waals surface area contributed by atoms with Gasteiger partial charge in [0.15, 0.2) is 6.61 Å². The van der Waals surface area contributed by atoms with Crippen LogP contribution in [0, 0.1) is 0 Å². The Labute approximate surface area is 162 Å². The minimum atomic E-state index is -0.656. The lowest BCUT2D eigenvalue weighted by atomic mass is 10.2. The van der Waals surface area contributed by atoms with Gasteiger partial charge in [0.25, 0.3) is 11.8 Å². The molecule has 0 spiro atoms. The van der Waals surface area contributed by atoms with Gasteiger partial charge in [0.1, 0.15) is 0 Å². The van der Waals surface area contributed by atoms with E-state index in [2.05, 4.69) is 5.32 Å². The molecule has 140 valence electrons. The molecule has 2 aromatic rings. The molecule has 0 aromatic heterocycles. The fourth-order valence-corrected chi connectivity index (χ4v) is 2.30. The third-order valence-corrected chi connectivity index (χ3v) is 3.82. The molecule has 0 saturated heterocycles. The van der Waals surface area contributed by atoms with Gasteiger partial charge in [-0.1, -0.05) is 29.8 Å². The highest BCUT2D eigenvalue weighted by Crippen LogP contribution is 2.16. The third-order valence-electron chi connectivity index (χ3n) is 3.47. The van der Waals surface area contributed by atoms with E-state index in [1.165, 1.54) is 17.1 Å². The van der Waals surface area contributed by atoms with Crippen molar-refractivity contribution in [1.82, 2.24) is 4.90 Å². The second kappa shape index (κ2) is 9.54. The molecule has 2 amide bonds. The summed E-state index contributed by atoms with van der Waals surface area (Å²) in [6.07, 6.45) is 2.72. The molecule has 1 N–H and O–H groups in total. The number of hydrogen-bond acceptors (Lipinski definition) is 4. The summed E-state index contributed by atoms with van der Waals surface area (Å²) in [5.74, 6) is -1.27. The van der Waals surface area contributed by atoms with Crippen molar-refractivity contribution in [3.63, 3.8) is 0 Å². The Balaban J connectivity index is 1.83. The molecule has 0 fully saturated rings. The fraction of sp³-hybridized carbons (Fsp3) is 0.150. The Morgan fingerprint density at radius 3 is 2.37 bits per heavy atom. The van der Waals surface area contributed by atoms with Crippen molar-refractivity contribution in [2.75, 3.05) is 26.0 Å². The molecule has 0 saturated carbocycles. The zero-order chi connectivity index (χ0) is 19.8. The van der Waals surface area contributed by atoms with Crippen LogP contribution >= 0.6 is 11.6 Å². The summed E-state index contributed by atoms with van der Waals surface area (Å²) >= 11 is 5.98. The summed E-state index contributed by atoms with van der Waals surface area (Å²) in [6.45, 7) is -0.427. The lowest BCUT2D eigenvalue weighted by molar-refractivity contribution is -0.142. The van der Waals surface area contributed by atoms with E-state index in [0.717, 1.165) is 0 Å². The second-order valence-corrected chi connectivity index (χ2v) is 6.19. The SMILES string of the molecule is CN(C)C(=O)c1ccc(NC(=O)COC(=O)/C=C/c2ccccc2Cl)cc1. The maximum Gasteiger partial charge on any atom is 0.331 e.